The number of hydrogen-bond donors (Lipinski definition) is 2. The first kappa shape index (κ1) is 14.2. The number of phenolic OH excluding ortho intramolecular Hbond substituents is 2. The summed E-state index contributed by atoms with van der Waals surface area (Å²) in [4.78, 5) is 2.49. The number of phenols is 2. The van der Waals surface area contributed by atoms with Crippen molar-refractivity contribution >= 4 is 0 Å². The number of hydrogen-bond acceptors (Lipinski definition) is 3. The van der Waals surface area contributed by atoms with Gasteiger partial charge in [0.05, 0.1) is 0 Å². The molecular weight excluding hydrogens is 238 g/mol. The average molecular weight is 263 g/mol. The molecule has 1 aliphatic rings. The lowest BCUT2D eigenvalue weighted by atomic mass is 9.92. The summed E-state index contributed by atoms with van der Waals surface area (Å²) in [5.74, 6) is 0.281. The molecule has 0 amide bonds. The fourth-order valence-corrected chi connectivity index (χ4v) is 3.31. The topological polar surface area (TPSA) is 43.7 Å². The summed E-state index contributed by atoms with van der Waals surface area (Å²) in [5.41, 5.74) is 0.991. The number of benzene rings is 1. The van der Waals surface area contributed by atoms with E-state index in [2.05, 4.69) is 18.7 Å². The van der Waals surface area contributed by atoms with Crippen LogP contribution >= 0.6 is 0 Å². The maximum Gasteiger partial charge on any atom is 0.119 e. The zero-order valence-electron chi connectivity index (χ0n) is 12.0. The van der Waals surface area contributed by atoms with Gasteiger partial charge in [0.25, 0.3) is 0 Å². The Morgan fingerprint density at radius 1 is 1.11 bits per heavy atom. The van der Waals surface area contributed by atoms with Crippen molar-refractivity contribution in [3.63, 3.8) is 0 Å². The molecule has 1 aliphatic carbocycles. The molecule has 2 N–H and O–H groups in total. The van der Waals surface area contributed by atoms with Crippen molar-refractivity contribution in [3.8, 4) is 11.5 Å². The first-order valence-electron chi connectivity index (χ1n) is 7.40. The SMILES string of the molecule is CCN(C1CCCCC1)C(C)c1cc(O)cc(O)c1. The van der Waals surface area contributed by atoms with Gasteiger partial charge in [0, 0.05) is 18.2 Å². The van der Waals surface area contributed by atoms with E-state index in [1.165, 1.54) is 38.2 Å². The van der Waals surface area contributed by atoms with Crippen molar-refractivity contribution in [2.24, 2.45) is 0 Å². The minimum absolute atomic E-state index is 0.140. The summed E-state index contributed by atoms with van der Waals surface area (Å²) >= 11 is 0. The fraction of sp³-hybridized carbons (Fsp3) is 0.625. The highest BCUT2D eigenvalue weighted by Gasteiger charge is 2.25. The Morgan fingerprint density at radius 3 is 2.21 bits per heavy atom. The van der Waals surface area contributed by atoms with Crippen LogP contribution in [0.3, 0.4) is 0 Å². The molecule has 0 saturated heterocycles. The zero-order valence-corrected chi connectivity index (χ0v) is 12.0. The highest BCUT2D eigenvalue weighted by atomic mass is 16.3. The molecule has 1 aromatic rings. The van der Waals surface area contributed by atoms with Gasteiger partial charge in [-0.3, -0.25) is 4.90 Å². The Bertz CT molecular complexity index is 393. The molecule has 2 rings (SSSR count). The van der Waals surface area contributed by atoms with Gasteiger partial charge in [-0.15, -0.1) is 0 Å². The minimum Gasteiger partial charge on any atom is -0.508 e. The van der Waals surface area contributed by atoms with Crippen molar-refractivity contribution in [1.82, 2.24) is 4.90 Å². The summed E-state index contributed by atoms with van der Waals surface area (Å²) in [7, 11) is 0. The smallest absolute Gasteiger partial charge is 0.119 e. The molecular formula is C16H25NO2. The second-order valence-electron chi connectivity index (χ2n) is 5.58. The maximum atomic E-state index is 9.63. The molecule has 0 aliphatic heterocycles. The van der Waals surface area contributed by atoms with Crippen molar-refractivity contribution in [1.29, 1.82) is 0 Å². The normalized spacial score (nSPS) is 18.7. The van der Waals surface area contributed by atoms with E-state index in [-0.39, 0.29) is 17.5 Å². The van der Waals surface area contributed by atoms with Gasteiger partial charge >= 0.3 is 0 Å². The standard InChI is InChI=1S/C16H25NO2/c1-3-17(14-7-5-4-6-8-14)12(2)13-9-15(18)11-16(19)10-13/h9-12,14,18-19H,3-8H2,1-2H3. The van der Waals surface area contributed by atoms with Crippen LogP contribution in [0.4, 0.5) is 0 Å². The summed E-state index contributed by atoms with van der Waals surface area (Å²) in [5, 5.41) is 19.3. The third-order valence-electron chi connectivity index (χ3n) is 4.31. The second kappa shape index (κ2) is 6.29. The molecule has 1 saturated carbocycles. The van der Waals surface area contributed by atoms with E-state index in [1.807, 2.05) is 0 Å². The molecule has 1 atom stereocenters. The van der Waals surface area contributed by atoms with Crippen LogP contribution in [0.5, 0.6) is 11.5 Å². The first-order chi connectivity index (χ1) is 9.11. The van der Waals surface area contributed by atoms with Gasteiger partial charge in [-0.2, -0.15) is 0 Å². The highest BCUT2D eigenvalue weighted by Crippen LogP contribution is 2.32. The van der Waals surface area contributed by atoms with E-state index in [0.717, 1.165) is 12.1 Å². The predicted octanol–water partition coefficient (Wildman–Crippen LogP) is 3.81. The van der Waals surface area contributed by atoms with E-state index >= 15 is 0 Å². The molecule has 0 radical (unpaired) electrons. The van der Waals surface area contributed by atoms with Crippen LogP contribution in [0.2, 0.25) is 0 Å². The second-order valence-corrected chi connectivity index (χ2v) is 5.58. The van der Waals surface area contributed by atoms with E-state index in [0.29, 0.717) is 6.04 Å². The third-order valence-corrected chi connectivity index (χ3v) is 4.31. The van der Waals surface area contributed by atoms with Crippen LogP contribution in [0.15, 0.2) is 18.2 Å². The van der Waals surface area contributed by atoms with Gasteiger partial charge in [0.1, 0.15) is 11.5 Å². The highest BCUT2D eigenvalue weighted by molar-refractivity contribution is 5.38. The number of rotatable bonds is 4. The summed E-state index contributed by atoms with van der Waals surface area (Å²) in [6.45, 7) is 5.35. The van der Waals surface area contributed by atoms with Gasteiger partial charge in [-0.1, -0.05) is 26.2 Å². The average Bonchev–Trinajstić information content (AvgIpc) is 2.39. The summed E-state index contributed by atoms with van der Waals surface area (Å²) in [6.07, 6.45) is 6.53. The molecule has 0 spiro atoms. The van der Waals surface area contributed by atoms with Crippen LogP contribution in [0.1, 0.15) is 57.6 Å². The molecule has 19 heavy (non-hydrogen) atoms. The summed E-state index contributed by atoms with van der Waals surface area (Å²) in [6, 6.07) is 5.77. The molecule has 1 unspecified atom stereocenters. The Morgan fingerprint density at radius 2 is 1.68 bits per heavy atom. The molecule has 3 nitrogen and oxygen atoms in total. The van der Waals surface area contributed by atoms with E-state index in [1.54, 1.807) is 12.1 Å². The van der Waals surface area contributed by atoms with E-state index < -0.39 is 0 Å². The first-order valence-corrected chi connectivity index (χ1v) is 7.40. The lowest BCUT2D eigenvalue weighted by Gasteiger charge is -2.38. The Kier molecular flexibility index (Phi) is 4.70. The van der Waals surface area contributed by atoms with Crippen LogP contribution in [0, 0.1) is 0 Å². The largest absolute Gasteiger partial charge is 0.508 e. The van der Waals surface area contributed by atoms with Gasteiger partial charge in [0.2, 0.25) is 0 Å². The number of aromatic hydroxyl groups is 2. The number of nitrogens with zero attached hydrogens (tertiary/aromatic N) is 1. The maximum absolute atomic E-state index is 9.63. The van der Waals surface area contributed by atoms with E-state index in [4.69, 9.17) is 0 Å². The van der Waals surface area contributed by atoms with Crippen molar-refractivity contribution < 1.29 is 10.2 Å². The molecule has 0 aromatic heterocycles. The molecule has 1 fully saturated rings. The zero-order chi connectivity index (χ0) is 13.8. The lowest BCUT2D eigenvalue weighted by Crippen LogP contribution is -2.38. The van der Waals surface area contributed by atoms with E-state index in [9.17, 15) is 10.2 Å². The van der Waals surface area contributed by atoms with Crippen LogP contribution in [0.25, 0.3) is 0 Å². The van der Waals surface area contributed by atoms with Gasteiger partial charge in [0.15, 0.2) is 0 Å². The fourth-order valence-electron chi connectivity index (χ4n) is 3.31. The predicted molar refractivity (Wildman–Crippen MR) is 77.4 cm³/mol. The van der Waals surface area contributed by atoms with Crippen molar-refractivity contribution in [2.75, 3.05) is 6.54 Å². The van der Waals surface area contributed by atoms with Gasteiger partial charge < -0.3 is 10.2 Å². The van der Waals surface area contributed by atoms with Crippen molar-refractivity contribution in [3.05, 3.63) is 23.8 Å². The Hall–Kier alpha value is -1.22. The van der Waals surface area contributed by atoms with Crippen LogP contribution in [-0.2, 0) is 0 Å². The van der Waals surface area contributed by atoms with Crippen LogP contribution in [-0.4, -0.2) is 27.7 Å². The molecule has 0 bridgehead atoms. The third kappa shape index (κ3) is 3.41. The van der Waals surface area contributed by atoms with Crippen LogP contribution < -0.4 is 0 Å². The molecule has 106 valence electrons. The van der Waals surface area contributed by atoms with Gasteiger partial charge in [-0.25, -0.2) is 0 Å². The van der Waals surface area contributed by atoms with Gasteiger partial charge in [-0.05, 0) is 44.0 Å². The molecule has 1 aromatic carbocycles. The molecule has 0 heterocycles. The quantitative estimate of drug-likeness (QED) is 0.868. The molecule has 3 heteroatoms. The lowest BCUT2D eigenvalue weighted by molar-refractivity contribution is 0.119. The minimum atomic E-state index is 0.140. The monoisotopic (exact) mass is 263 g/mol. The Balaban J connectivity index is 2.16. The Labute approximate surface area is 115 Å². The summed E-state index contributed by atoms with van der Waals surface area (Å²) < 4.78 is 0. The van der Waals surface area contributed by atoms with Crippen molar-refractivity contribution in [2.45, 2.75) is 58.0 Å².